The van der Waals surface area contributed by atoms with Crippen LogP contribution in [-0.4, -0.2) is 15.3 Å². The summed E-state index contributed by atoms with van der Waals surface area (Å²) in [5.74, 6) is 0.115. The second-order valence-corrected chi connectivity index (χ2v) is 3.45. The lowest BCUT2D eigenvalue weighted by Crippen LogP contribution is -1.88. The van der Waals surface area contributed by atoms with E-state index >= 15 is 0 Å². The number of nitrogens with one attached hydrogen (secondary N) is 1. The summed E-state index contributed by atoms with van der Waals surface area (Å²) in [6, 6.07) is 7.11. The molecule has 0 amide bonds. The standard InChI is InChI=1S/C10H9ClN2O/c11-9-2-1-7(6-10(9)14)5-8-3-4-12-13-8/h1-4,6,14H,5H2,(H,12,13). The van der Waals surface area contributed by atoms with Crippen LogP contribution in [0.1, 0.15) is 11.3 Å². The second kappa shape index (κ2) is 3.72. The van der Waals surface area contributed by atoms with Gasteiger partial charge in [-0.2, -0.15) is 5.10 Å². The van der Waals surface area contributed by atoms with Gasteiger partial charge in [0.1, 0.15) is 5.75 Å². The summed E-state index contributed by atoms with van der Waals surface area (Å²) in [7, 11) is 0. The van der Waals surface area contributed by atoms with Crippen LogP contribution in [0.4, 0.5) is 0 Å². The van der Waals surface area contributed by atoms with Gasteiger partial charge in [-0.05, 0) is 23.8 Å². The van der Waals surface area contributed by atoms with Crippen molar-refractivity contribution in [3.8, 4) is 5.75 Å². The fourth-order valence-corrected chi connectivity index (χ4v) is 1.39. The maximum atomic E-state index is 9.37. The Morgan fingerprint density at radius 3 is 2.86 bits per heavy atom. The van der Waals surface area contributed by atoms with Crippen molar-refractivity contribution in [3.05, 3.63) is 46.7 Å². The van der Waals surface area contributed by atoms with Crippen molar-refractivity contribution in [2.75, 3.05) is 0 Å². The largest absolute Gasteiger partial charge is 0.506 e. The number of rotatable bonds is 2. The third kappa shape index (κ3) is 1.88. The van der Waals surface area contributed by atoms with E-state index in [-0.39, 0.29) is 5.75 Å². The molecule has 0 unspecified atom stereocenters. The first-order valence-corrected chi connectivity index (χ1v) is 4.59. The van der Waals surface area contributed by atoms with Crippen LogP contribution in [0, 0.1) is 0 Å². The molecular formula is C10H9ClN2O. The molecule has 1 heterocycles. The van der Waals surface area contributed by atoms with Crippen molar-refractivity contribution in [1.82, 2.24) is 10.2 Å². The Balaban J connectivity index is 2.22. The van der Waals surface area contributed by atoms with E-state index in [9.17, 15) is 5.11 Å². The first-order valence-electron chi connectivity index (χ1n) is 4.21. The first-order chi connectivity index (χ1) is 6.75. The van der Waals surface area contributed by atoms with Gasteiger partial charge in [-0.3, -0.25) is 5.10 Å². The zero-order valence-electron chi connectivity index (χ0n) is 7.37. The Hall–Kier alpha value is -1.48. The van der Waals surface area contributed by atoms with E-state index in [2.05, 4.69) is 10.2 Å². The molecule has 0 aliphatic carbocycles. The molecule has 0 radical (unpaired) electrons. The Morgan fingerprint density at radius 2 is 2.21 bits per heavy atom. The van der Waals surface area contributed by atoms with Gasteiger partial charge >= 0.3 is 0 Å². The van der Waals surface area contributed by atoms with E-state index in [0.29, 0.717) is 11.4 Å². The fourth-order valence-electron chi connectivity index (χ4n) is 1.27. The van der Waals surface area contributed by atoms with E-state index in [1.54, 1.807) is 18.3 Å². The smallest absolute Gasteiger partial charge is 0.134 e. The minimum atomic E-state index is 0.115. The van der Waals surface area contributed by atoms with Crippen molar-refractivity contribution in [1.29, 1.82) is 0 Å². The molecule has 0 fully saturated rings. The number of hydrogen-bond donors (Lipinski definition) is 2. The summed E-state index contributed by atoms with van der Waals surface area (Å²) in [5.41, 5.74) is 2.00. The van der Waals surface area contributed by atoms with Gasteiger partial charge in [-0.25, -0.2) is 0 Å². The minimum Gasteiger partial charge on any atom is -0.506 e. The molecule has 0 spiro atoms. The van der Waals surface area contributed by atoms with Crippen LogP contribution < -0.4 is 0 Å². The van der Waals surface area contributed by atoms with Gasteiger partial charge in [0.15, 0.2) is 0 Å². The molecule has 3 nitrogen and oxygen atoms in total. The third-order valence-electron chi connectivity index (χ3n) is 1.96. The normalized spacial score (nSPS) is 10.4. The molecule has 4 heteroatoms. The summed E-state index contributed by atoms with van der Waals surface area (Å²) >= 11 is 5.69. The van der Waals surface area contributed by atoms with E-state index in [4.69, 9.17) is 11.6 Å². The number of benzene rings is 1. The zero-order chi connectivity index (χ0) is 9.97. The molecule has 1 aromatic carbocycles. The predicted octanol–water partition coefficient (Wildman–Crippen LogP) is 2.36. The SMILES string of the molecule is Oc1cc(Cc2ccn[nH]2)ccc1Cl. The maximum Gasteiger partial charge on any atom is 0.134 e. The lowest BCUT2D eigenvalue weighted by Gasteiger charge is -2.01. The summed E-state index contributed by atoms with van der Waals surface area (Å²) in [4.78, 5) is 0. The molecule has 0 saturated heterocycles. The van der Waals surface area contributed by atoms with Gasteiger partial charge in [0.25, 0.3) is 0 Å². The average molecular weight is 209 g/mol. The molecule has 0 bridgehead atoms. The van der Waals surface area contributed by atoms with Gasteiger partial charge in [-0.15, -0.1) is 0 Å². The van der Waals surface area contributed by atoms with Crippen molar-refractivity contribution in [2.24, 2.45) is 0 Å². The molecule has 0 atom stereocenters. The van der Waals surface area contributed by atoms with Crippen LogP contribution >= 0.6 is 11.6 Å². The summed E-state index contributed by atoms with van der Waals surface area (Å²) in [6.07, 6.45) is 2.41. The van der Waals surface area contributed by atoms with Crippen LogP contribution in [0.2, 0.25) is 5.02 Å². The van der Waals surface area contributed by atoms with Crippen LogP contribution in [0.15, 0.2) is 30.5 Å². The summed E-state index contributed by atoms with van der Waals surface area (Å²) in [5, 5.41) is 16.4. The van der Waals surface area contributed by atoms with Gasteiger partial charge in [-0.1, -0.05) is 17.7 Å². The van der Waals surface area contributed by atoms with Gasteiger partial charge in [0, 0.05) is 18.3 Å². The predicted molar refractivity (Wildman–Crippen MR) is 54.5 cm³/mol. The average Bonchev–Trinajstić information content (AvgIpc) is 2.64. The molecule has 14 heavy (non-hydrogen) atoms. The van der Waals surface area contributed by atoms with Crippen LogP contribution in [-0.2, 0) is 6.42 Å². The minimum absolute atomic E-state index is 0.115. The highest BCUT2D eigenvalue weighted by Crippen LogP contribution is 2.24. The number of aromatic hydroxyl groups is 1. The fraction of sp³-hybridized carbons (Fsp3) is 0.100. The number of nitrogens with zero attached hydrogens (tertiary/aromatic N) is 1. The number of aromatic amines is 1. The van der Waals surface area contributed by atoms with Crippen molar-refractivity contribution in [2.45, 2.75) is 6.42 Å². The Morgan fingerprint density at radius 1 is 1.36 bits per heavy atom. The third-order valence-corrected chi connectivity index (χ3v) is 2.28. The van der Waals surface area contributed by atoms with Crippen molar-refractivity contribution in [3.63, 3.8) is 0 Å². The number of hydrogen-bond acceptors (Lipinski definition) is 2. The molecule has 0 saturated carbocycles. The van der Waals surface area contributed by atoms with Crippen LogP contribution in [0.25, 0.3) is 0 Å². The molecular weight excluding hydrogens is 200 g/mol. The Labute approximate surface area is 86.3 Å². The second-order valence-electron chi connectivity index (χ2n) is 3.04. The van der Waals surface area contributed by atoms with E-state index < -0.39 is 0 Å². The number of phenolic OH excluding ortho intramolecular Hbond substituents is 1. The molecule has 2 N–H and O–H groups in total. The van der Waals surface area contributed by atoms with Crippen molar-refractivity contribution < 1.29 is 5.11 Å². The maximum absolute atomic E-state index is 9.37. The highest BCUT2D eigenvalue weighted by Gasteiger charge is 2.01. The molecule has 0 aliphatic rings. The molecule has 2 aromatic rings. The lowest BCUT2D eigenvalue weighted by molar-refractivity contribution is 0.475. The highest BCUT2D eigenvalue weighted by atomic mass is 35.5. The van der Waals surface area contributed by atoms with Crippen LogP contribution in [0.5, 0.6) is 5.75 Å². The van der Waals surface area contributed by atoms with Gasteiger partial charge in [0.05, 0.1) is 5.02 Å². The number of halogens is 1. The number of phenols is 1. The molecule has 2 rings (SSSR count). The number of aromatic nitrogens is 2. The molecule has 72 valence electrons. The Bertz CT molecular complexity index is 426. The Kier molecular flexibility index (Phi) is 2.41. The van der Waals surface area contributed by atoms with Gasteiger partial charge < -0.3 is 5.11 Å². The zero-order valence-corrected chi connectivity index (χ0v) is 8.12. The highest BCUT2D eigenvalue weighted by molar-refractivity contribution is 6.31. The lowest BCUT2D eigenvalue weighted by atomic mass is 10.1. The quantitative estimate of drug-likeness (QED) is 0.796. The summed E-state index contributed by atoms with van der Waals surface area (Å²) in [6.45, 7) is 0. The topological polar surface area (TPSA) is 48.9 Å². The molecule has 0 aliphatic heterocycles. The summed E-state index contributed by atoms with van der Waals surface area (Å²) < 4.78 is 0. The van der Waals surface area contributed by atoms with E-state index in [1.807, 2.05) is 12.1 Å². The van der Waals surface area contributed by atoms with E-state index in [1.165, 1.54) is 0 Å². The first kappa shape index (κ1) is 9.09. The van der Waals surface area contributed by atoms with Gasteiger partial charge in [0.2, 0.25) is 0 Å². The molecule has 1 aromatic heterocycles. The van der Waals surface area contributed by atoms with Crippen LogP contribution in [0.3, 0.4) is 0 Å². The monoisotopic (exact) mass is 208 g/mol. The van der Waals surface area contributed by atoms with E-state index in [0.717, 1.165) is 11.3 Å². The number of H-pyrrole nitrogens is 1. The van der Waals surface area contributed by atoms with Crippen molar-refractivity contribution >= 4 is 11.6 Å².